The van der Waals surface area contributed by atoms with Crippen LogP contribution in [0.3, 0.4) is 0 Å². The van der Waals surface area contributed by atoms with Gasteiger partial charge in [-0.3, -0.25) is 4.68 Å². The van der Waals surface area contributed by atoms with Gasteiger partial charge in [0.2, 0.25) is 0 Å². The van der Waals surface area contributed by atoms with Crippen molar-refractivity contribution in [3.8, 4) is 0 Å². The van der Waals surface area contributed by atoms with Gasteiger partial charge in [0.15, 0.2) is 5.11 Å². The molecule has 17 heavy (non-hydrogen) atoms. The molecular formula is C12H20N4S. The minimum Gasteiger partial charge on any atom is -0.360 e. The van der Waals surface area contributed by atoms with Crippen molar-refractivity contribution < 1.29 is 0 Å². The van der Waals surface area contributed by atoms with Crippen molar-refractivity contribution in [1.29, 1.82) is 0 Å². The maximum absolute atomic E-state index is 5.28. The van der Waals surface area contributed by atoms with Gasteiger partial charge >= 0.3 is 0 Å². The minimum absolute atomic E-state index is 0.562. The molecule has 1 aromatic rings. The Morgan fingerprint density at radius 3 is 2.88 bits per heavy atom. The van der Waals surface area contributed by atoms with Crippen LogP contribution < -0.4 is 10.6 Å². The zero-order valence-corrected chi connectivity index (χ0v) is 11.1. The van der Waals surface area contributed by atoms with Crippen LogP contribution in [0.4, 0.5) is 0 Å². The molecule has 0 aliphatic heterocycles. The minimum atomic E-state index is 0.562. The first kappa shape index (κ1) is 12.4. The van der Waals surface area contributed by atoms with Gasteiger partial charge in [-0.1, -0.05) is 19.3 Å². The van der Waals surface area contributed by atoms with Crippen LogP contribution in [0.15, 0.2) is 12.3 Å². The largest absolute Gasteiger partial charge is 0.360 e. The fraction of sp³-hybridized carbons (Fsp3) is 0.667. The van der Waals surface area contributed by atoms with E-state index in [9.17, 15) is 0 Å². The Bertz CT molecular complexity index is 368. The number of aryl methyl sites for hydroxylation is 1. The molecule has 2 N–H and O–H groups in total. The maximum atomic E-state index is 5.28. The van der Waals surface area contributed by atoms with E-state index in [0.29, 0.717) is 12.6 Å². The number of nitrogens with one attached hydrogen (secondary N) is 2. The molecule has 0 bridgehead atoms. The van der Waals surface area contributed by atoms with Gasteiger partial charge in [-0.25, -0.2) is 0 Å². The van der Waals surface area contributed by atoms with Gasteiger partial charge in [-0.2, -0.15) is 5.10 Å². The Morgan fingerprint density at radius 1 is 1.47 bits per heavy atom. The lowest BCUT2D eigenvalue weighted by Gasteiger charge is -2.24. The van der Waals surface area contributed by atoms with Gasteiger partial charge in [0, 0.05) is 19.3 Å². The Kier molecular flexibility index (Phi) is 4.36. The van der Waals surface area contributed by atoms with E-state index < -0.39 is 0 Å². The summed E-state index contributed by atoms with van der Waals surface area (Å²) >= 11 is 5.28. The van der Waals surface area contributed by atoms with E-state index in [0.717, 1.165) is 10.8 Å². The van der Waals surface area contributed by atoms with E-state index in [1.165, 1.54) is 32.1 Å². The molecule has 4 nitrogen and oxygen atoms in total. The molecule has 0 spiro atoms. The van der Waals surface area contributed by atoms with E-state index in [-0.39, 0.29) is 0 Å². The number of hydrogen-bond donors (Lipinski definition) is 2. The molecule has 1 heterocycles. The van der Waals surface area contributed by atoms with Crippen molar-refractivity contribution in [3.63, 3.8) is 0 Å². The molecule has 0 radical (unpaired) electrons. The highest BCUT2D eigenvalue weighted by Gasteiger charge is 2.13. The molecule has 0 atom stereocenters. The fourth-order valence-electron chi connectivity index (χ4n) is 2.21. The first-order chi connectivity index (χ1) is 8.24. The van der Waals surface area contributed by atoms with Gasteiger partial charge in [0.1, 0.15) is 0 Å². The number of rotatable bonds is 3. The number of nitrogens with zero attached hydrogens (tertiary/aromatic N) is 2. The lowest BCUT2D eigenvalue weighted by Crippen LogP contribution is -2.42. The van der Waals surface area contributed by atoms with Crippen molar-refractivity contribution in [1.82, 2.24) is 20.4 Å². The number of hydrogen-bond acceptors (Lipinski definition) is 2. The summed E-state index contributed by atoms with van der Waals surface area (Å²) in [4.78, 5) is 0. The van der Waals surface area contributed by atoms with E-state index in [1.54, 1.807) is 4.68 Å². The summed E-state index contributed by atoms with van der Waals surface area (Å²) in [5.41, 5.74) is 1.01. The van der Waals surface area contributed by atoms with Gasteiger partial charge in [-0.15, -0.1) is 0 Å². The quantitative estimate of drug-likeness (QED) is 0.804. The van der Waals surface area contributed by atoms with Gasteiger partial charge in [-0.05, 0) is 31.1 Å². The molecule has 1 saturated carbocycles. The Morgan fingerprint density at radius 2 is 2.24 bits per heavy atom. The van der Waals surface area contributed by atoms with Gasteiger partial charge < -0.3 is 10.6 Å². The molecule has 0 unspecified atom stereocenters. The lowest BCUT2D eigenvalue weighted by molar-refractivity contribution is 0.412. The molecule has 1 aromatic heterocycles. The zero-order chi connectivity index (χ0) is 12.1. The summed E-state index contributed by atoms with van der Waals surface area (Å²) in [5.74, 6) is 0. The molecule has 0 aromatic carbocycles. The molecule has 1 aliphatic carbocycles. The monoisotopic (exact) mass is 252 g/mol. The van der Waals surface area contributed by atoms with E-state index >= 15 is 0 Å². The first-order valence-electron chi connectivity index (χ1n) is 6.27. The molecule has 94 valence electrons. The average molecular weight is 252 g/mol. The fourth-order valence-corrected chi connectivity index (χ4v) is 2.45. The van der Waals surface area contributed by atoms with Crippen LogP contribution in [0.25, 0.3) is 0 Å². The smallest absolute Gasteiger partial charge is 0.166 e. The van der Waals surface area contributed by atoms with Crippen molar-refractivity contribution in [3.05, 3.63) is 18.0 Å². The Hall–Kier alpha value is -1.10. The lowest BCUT2D eigenvalue weighted by atomic mass is 9.96. The normalized spacial score (nSPS) is 16.8. The average Bonchev–Trinajstić information content (AvgIpc) is 2.74. The van der Waals surface area contributed by atoms with Crippen molar-refractivity contribution in [2.45, 2.75) is 44.7 Å². The summed E-state index contributed by atoms with van der Waals surface area (Å²) in [7, 11) is 1.92. The molecule has 1 aliphatic rings. The van der Waals surface area contributed by atoms with Crippen molar-refractivity contribution >= 4 is 17.3 Å². The van der Waals surface area contributed by atoms with Crippen LogP contribution in [0.5, 0.6) is 0 Å². The van der Waals surface area contributed by atoms with Crippen LogP contribution in [-0.4, -0.2) is 20.9 Å². The summed E-state index contributed by atoms with van der Waals surface area (Å²) in [6.45, 7) is 0.694. The van der Waals surface area contributed by atoms with Crippen LogP contribution >= 0.6 is 12.2 Å². The topological polar surface area (TPSA) is 41.9 Å². The first-order valence-corrected chi connectivity index (χ1v) is 6.68. The second-order valence-electron chi connectivity index (χ2n) is 4.64. The third kappa shape index (κ3) is 4.00. The summed E-state index contributed by atoms with van der Waals surface area (Å²) < 4.78 is 1.80. The molecule has 0 amide bonds. The highest BCUT2D eigenvalue weighted by Crippen LogP contribution is 2.17. The van der Waals surface area contributed by atoms with Crippen molar-refractivity contribution in [2.75, 3.05) is 0 Å². The summed E-state index contributed by atoms with van der Waals surface area (Å²) in [6.07, 6.45) is 8.43. The summed E-state index contributed by atoms with van der Waals surface area (Å²) in [5, 5.41) is 11.6. The van der Waals surface area contributed by atoms with E-state index in [4.69, 9.17) is 12.2 Å². The predicted octanol–water partition coefficient (Wildman–Crippen LogP) is 1.72. The van der Waals surface area contributed by atoms with Crippen LogP contribution in [-0.2, 0) is 13.6 Å². The van der Waals surface area contributed by atoms with Gasteiger partial charge in [0.25, 0.3) is 0 Å². The van der Waals surface area contributed by atoms with Crippen LogP contribution in [0.1, 0.15) is 37.8 Å². The predicted molar refractivity (Wildman–Crippen MR) is 72.7 cm³/mol. The Labute approximate surface area is 108 Å². The Balaban J connectivity index is 1.70. The highest BCUT2D eigenvalue weighted by molar-refractivity contribution is 7.80. The second kappa shape index (κ2) is 6.00. The molecular weight excluding hydrogens is 232 g/mol. The molecule has 0 saturated heterocycles. The highest BCUT2D eigenvalue weighted by atomic mass is 32.1. The second-order valence-corrected chi connectivity index (χ2v) is 5.05. The van der Waals surface area contributed by atoms with Crippen LogP contribution in [0, 0.1) is 0 Å². The maximum Gasteiger partial charge on any atom is 0.166 e. The number of aromatic nitrogens is 2. The number of thiocarbonyl (C=S) groups is 1. The molecule has 5 heteroatoms. The van der Waals surface area contributed by atoms with Crippen LogP contribution in [0.2, 0.25) is 0 Å². The third-order valence-electron chi connectivity index (χ3n) is 3.14. The van der Waals surface area contributed by atoms with E-state index in [2.05, 4.69) is 15.7 Å². The molecule has 1 fully saturated rings. The van der Waals surface area contributed by atoms with Crippen molar-refractivity contribution in [2.24, 2.45) is 7.05 Å². The van der Waals surface area contributed by atoms with E-state index in [1.807, 2.05) is 19.3 Å². The van der Waals surface area contributed by atoms with Gasteiger partial charge in [0.05, 0.1) is 12.2 Å². The molecule has 2 rings (SSSR count). The SMILES string of the molecule is Cn1ccc(CNC(=S)NC2CCCCC2)n1. The summed E-state index contributed by atoms with van der Waals surface area (Å²) in [6, 6.07) is 2.56. The standard InChI is InChI=1S/C12H20N4S/c1-16-8-7-11(15-16)9-13-12(17)14-10-5-3-2-4-6-10/h7-8,10H,2-6,9H2,1H3,(H2,13,14,17). The zero-order valence-electron chi connectivity index (χ0n) is 10.3. The third-order valence-corrected chi connectivity index (χ3v) is 3.40.